The van der Waals surface area contributed by atoms with Gasteiger partial charge in [-0.05, 0) is 11.1 Å². The molecule has 1 saturated heterocycles. The maximum Gasteiger partial charge on any atom is 0.310 e. The summed E-state index contributed by atoms with van der Waals surface area (Å²) in [6, 6.07) is 18.2. The first kappa shape index (κ1) is 23.0. The molecule has 1 aliphatic heterocycles. The molecule has 0 N–H and O–H groups in total. The summed E-state index contributed by atoms with van der Waals surface area (Å²) < 4.78 is 21.8. The molecule has 0 aromatic heterocycles. The van der Waals surface area contributed by atoms with Crippen molar-refractivity contribution in [2.24, 2.45) is 0 Å². The van der Waals surface area contributed by atoms with Crippen LogP contribution >= 0.6 is 0 Å². The third kappa shape index (κ3) is 6.19. The minimum absolute atomic E-state index is 0.0283. The molecule has 1 heterocycles. The van der Waals surface area contributed by atoms with Gasteiger partial charge in [0, 0.05) is 6.92 Å². The standard InChI is InChI=1S/C25H24O7/c1-3-25(17-29-22(27)14-19-10-6-4-7-11-19)21(16-24(32-25)30-18(2)26)31-23(28)15-20-12-8-5-9-13-20/h1,4-13,21,24H,14-17H2,2H3/t21-,24?,25+/m0/s1. The van der Waals surface area contributed by atoms with Gasteiger partial charge in [0.1, 0.15) is 6.61 Å². The lowest BCUT2D eigenvalue weighted by atomic mass is 9.98. The number of hydrogen-bond acceptors (Lipinski definition) is 7. The van der Waals surface area contributed by atoms with Gasteiger partial charge in [0.25, 0.3) is 0 Å². The van der Waals surface area contributed by atoms with E-state index in [9.17, 15) is 14.4 Å². The molecule has 1 fully saturated rings. The van der Waals surface area contributed by atoms with Crippen LogP contribution in [0.15, 0.2) is 60.7 Å². The first-order valence-corrected chi connectivity index (χ1v) is 10.2. The Morgan fingerprint density at radius 2 is 1.53 bits per heavy atom. The fourth-order valence-electron chi connectivity index (χ4n) is 3.38. The van der Waals surface area contributed by atoms with Gasteiger partial charge in [0.2, 0.25) is 11.9 Å². The molecule has 1 unspecified atom stereocenters. The summed E-state index contributed by atoms with van der Waals surface area (Å²) in [6.45, 7) is 0.881. The summed E-state index contributed by atoms with van der Waals surface area (Å²) in [6.07, 6.45) is 3.85. The van der Waals surface area contributed by atoms with E-state index in [1.54, 1.807) is 24.3 Å². The van der Waals surface area contributed by atoms with Gasteiger partial charge in [-0.15, -0.1) is 6.42 Å². The molecule has 2 aromatic rings. The van der Waals surface area contributed by atoms with Crippen LogP contribution in [-0.2, 0) is 46.2 Å². The van der Waals surface area contributed by atoms with Gasteiger partial charge >= 0.3 is 17.9 Å². The summed E-state index contributed by atoms with van der Waals surface area (Å²) in [5, 5.41) is 0. The van der Waals surface area contributed by atoms with E-state index in [2.05, 4.69) is 5.92 Å². The fourth-order valence-corrected chi connectivity index (χ4v) is 3.38. The highest BCUT2D eigenvalue weighted by atomic mass is 16.7. The Morgan fingerprint density at radius 1 is 0.969 bits per heavy atom. The second kappa shape index (κ2) is 10.6. The van der Waals surface area contributed by atoms with Crippen molar-refractivity contribution in [3.63, 3.8) is 0 Å². The Morgan fingerprint density at radius 3 is 2.06 bits per heavy atom. The third-order valence-electron chi connectivity index (χ3n) is 4.91. The van der Waals surface area contributed by atoms with Crippen LogP contribution in [0.4, 0.5) is 0 Å². The third-order valence-corrected chi connectivity index (χ3v) is 4.91. The molecule has 3 atom stereocenters. The van der Waals surface area contributed by atoms with E-state index < -0.39 is 35.9 Å². The monoisotopic (exact) mass is 436 g/mol. The molecule has 7 heteroatoms. The quantitative estimate of drug-likeness (QED) is 0.357. The van der Waals surface area contributed by atoms with Crippen molar-refractivity contribution in [1.82, 2.24) is 0 Å². The Balaban J connectivity index is 1.68. The zero-order chi connectivity index (χ0) is 23.0. The van der Waals surface area contributed by atoms with Crippen LogP contribution in [0.25, 0.3) is 0 Å². The average Bonchev–Trinajstić information content (AvgIpc) is 3.10. The minimum Gasteiger partial charge on any atom is -0.461 e. The zero-order valence-corrected chi connectivity index (χ0v) is 17.7. The normalized spacial score (nSPS) is 21.9. The van der Waals surface area contributed by atoms with E-state index in [-0.39, 0.29) is 25.9 Å². The minimum atomic E-state index is -1.57. The van der Waals surface area contributed by atoms with Crippen LogP contribution < -0.4 is 0 Å². The highest BCUT2D eigenvalue weighted by Crippen LogP contribution is 2.34. The molecule has 32 heavy (non-hydrogen) atoms. The fraction of sp³-hybridized carbons (Fsp3) is 0.320. The molecule has 0 aliphatic carbocycles. The number of carbonyl (C=O) groups excluding carboxylic acids is 3. The van der Waals surface area contributed by atoms with E-state index >= 15 is 0 Å². The lowest BCUT2D eigenvalue weighted by molar-refractivity contribution is -0.192. The lowest BCUT2D eigenvalue weighted by Crippen LogP contribution is -2.46. The topological polar surface area (TPSA) is 88.1 Å². The predicted molar refractivity (Wildman–Crippen MR) is 114 cm³/mol. The molecule has 2 aromatic carbocycles. The van der Waals surface area contributed by atoms with Crippen molar-refractivity contribution >= 4 is 17.9 Å². The largest absolute Gasteiger partial charge is 0.461 e. The Hall–Kier alpha value is -3.63. The number of terminal acetylenes is 1. The van der Waals surface area contributed by atoms with Gasteiger partial charge in [0.15, 0.2) is 6.10 Å². The van der Waals surface area contributed by atoms with Crippen LogP contribution in [-0.4, -0.2) is 42.5 Å². The van der Waals surface area contributed by atoms with Gasteiger partial charge in [-0.1, -0.05) is 66.6 Å². The second-order valence-corrected chi connectivity index (χ2v) is 7.39. The zero-order valence-electron chi connectivity index (χ0n) is 17.7. The predicted octanol–water partition coefficient (Wildman–Crippen LogP) is 2.61. The molecule has 1 aliphatic rings. The molecule has 0 bridgehead atoms. The van der Waals surface area contributed by atoms with Crippen LogP contribution in [0.5, 0.6) is 0 Å². The van der Waals surface area contributed by atoms with Crippen LogP contribution in [0.2, 0.25) is 0 Å². The summed E-state index contributed by atoms with van der Waals surface area (Å²) >= 11 is 0. The van der Waals surface area contributed by atoms with Gasteiger partial charge in [-0.2, -0.15) is 0 Å². The molecule has 7 nitrogen and oxygen atoms in total. The van der Waals surface area contributed by atoms with Crippen LogP contribution in [0, 0.1) is 12.3 Å². The lowest BCUT2D eigenvalue weighted by Gasteiger charge is -2.28. The Bertz CT molecular complexity index is 980. The molecular formula is C25H24O7. The highest BCUT2D eigenvalue weighted by molar-refractivity contribution is 5.73. The summed E-state index contributed by atoms with van der Waals surface area (Å²) in [5.74, 6) is 0.842. The van der Waals surface area contributed by atoms with E-state index in [0.29, 0.717) is 0 Å². The van der Waals surface area contributed by atoms with Gasteiger partial charge in [0.05, 0.1) is 19.3 Å². The first-order valence-electron chi connectivity index (χ1n) is 10.2. The summed E-state index contributed by atoms with van der Waals surface area (Å²) in [5.41, 5.74) is -0.0181. The summed E-state index contributed by atoms with van der Waals surface area (Å²) in [7, 11) is 0. The molecule has 0 spiro atoms. The maximum absolute atomic E-state index is 12.5. The number of carbonyl (C=O) groups is 3. The number of hydrogen-bond donors (Lipinski definition) is 0. The van der Waals surface area contributed by atoms with Crippen molar-refractivity contribution < 1.29 is 33.3 Å². The molecule has 166 valence electrons. The van der Waals surface area contributed by atoms with Crippen molar-refractivity contribution in [3.8, 4) is 12.3 Å². The molecule has 0 radical (unpaired) electrons. The highest BCUT2D eigenvalue weighted by Gasteiger charge is 2.52. The smallest absolute Gasteiger partial charge is 0.310 e. The van der Waals surface area contributed by atoms with Crippen LogP contribution in [0.3, 0.4) is 0 Å². The maximum atomic E-state index is 12.5. The molecule has 0 saturated carbocycles. The number of rotatable bonds is 8. The molecular weight excluding hydrogens is 412 g/mol. The Labute approximate surface area is 186 Å². The van der Waals surface area contributed by atoms with Crippen molar-refractivity contribution in [3.05, 3.63) is 71.8 Å². The molecule has 3 rings (SSSR count). The molecule has 0 amide bonds. The van der Waals surface area contributed by atoms with Crippen molar-refractivity contribution in [1.29, 1.82) is 0 Å². The van der Waals surface area contributed by atoms with Gasteiger partial charge < -0.3 is 18.9 Å². The first-order chi connectivity index (χ1) is 15.4. The van der Waals surface area contributed by atoms with Gasteiger partial charge in [-0.3, -0.25) is 14.4 Å². The average molecular weight is 436 g/mol. The van der Waals surface area contributed by atoms with E-state index in [4.69, 9.17) is 25.4 Å². The van der Waals surface area contributed by atoms with E-state index in [1.165, 1.54) is 6.92 Å². The van der Waals surface area contributed by atoms with Crippen LogP contribution in [0.1, 0.15) is 24.5 Å². The number of esters is 3. The number of benzene rings is 2. The Kier molecular flexibility index (Phi) is 7.63. The SMILES string of the molecule is C#C[C@]1(COC(=O)Cc2ccccc2)OC(OC(C)=O)C[C@@H]1OC(=O)Cc1ccccc1. The van der Waals surface area contributed by atoms with E-state index in [0.717, 1.165) is 11.1 Å². The van der Waals surface area contributed by atoms with Crippen molar-refractivity contribution in [2.75, 3.05) is 6.61 Å². The van der Waals surface area contributed by atoms with Crippen molar-refractivity contribution in [2.45, 2.75) is 44.2 Å². The summed E-state index contributed by atoms with van der Waals surface area (Å²) in [4.78, 5) is 36.2. The number of ether oxygens (including phenoxy) is 4. The van der Waals surface area contributed by atoms with E-state index in [1.807, 2.05) is 36.4 Å². The van der Waals surface area contributed by atoms with Gasteiger partial charge in [-0.25, -0.2) is 0 Å². The second-order valence-electron chi connectivity index (χ2n) is 7.39.